The number of carbonyl (C=O) groups excluding carboxylic acids is 2. The SMILES string of the molecule is CC1C(c2ccccc2)c2ccccc2CCN1C(=O)C1CCC(=O)N1. The lowest BCUT2D eigenvalue weighted by molar-refractivity contribution is -0.136. The molecule has 0 aromatic heterocycles. The van der Waals surface area contributed by atoms with E-state index in [0.29, 0.717) is 19.4 Å². The average molecular weight is 348 g/mol. The number of nitrogens with zero attached hydrogens (tertiary/aromatic N) is 1. The van der Waals surface area contributed by atoms with Gasteiger partial charge in [-0.2, -0.15) is 0 Å². The molecular weight excluding hydrogens is 324 g/mol. The van der Waals surface area contributed by atoms with Gasteiger partial charge in [0.15, 0.2) is 0 Å². The number of amides is 2. The molecule has 2 aromatic rings. The van der Waals surface area contributed by atoms with Crippen LogP contribution in [0, 0.1) is 0 Å². The molecule has 0 aliphatic carbocycles. The Kier molecular flexibility index (Phi) is 4.49. The first-order valence-electron chi connectivity index (χ1n) is 9.38. The maximum Gasteiger partial charge on any atom is 0.245 e. The summed E-state index contributed by atoms with van der Waals surface area (Å²) in [6, 6.07) is 18.6. The zero-order valence-electron chi connectivity index (χ0n) is 15.0. The quantitative estimate of drug-likeness (QED) is 0.907. The molecule has 2 heterocycles. The van der Waals surface area contributed by atoms with Crippen LogP contribution in [0.15, 0.2) is 54.6 Å². The van der Waals surface area contributed by atoms with Crippen LogP contribution in [-0.2, 0) is 16.0 Å². The summed E-state index contributed by atoms with van der Waals surface area (Å²) in [5, 5.41) is 2.84. The number of benzene rings is 2. The normalized spacial score (nSPS) is 25.3. The molecule has 4 heteroatoms. The van der Waals surface area contributed by atoms with Crippen LogP contribution in [0.4, 0.5) is 0 Å². The van der Waals surface area contributed by atoms with Crippen molar-refractivity contribution in [2.24, 2.45) is 0 Å². The molecule has 0 bridgehead atoms. The van der Waals surface area contributed by atoms with Crippen LogP contribution in [0.5, 0.6) is 0 Å². The molecule has 0 saturated carbocycles. The summed E-state index contributed by atoms with van der Waals surface area (Å²) in [6.07, 6.45) is 1.89. The monoisotopic (exact) mass is 348 g/mol. The molecule has 0 spiro atoms. The first kappa shape index (κ1) is 16.8. The summed E-state index contributed by atoms with van der Waals surface area (Å²) in [7, 11) is 0. The van der Waals surface area contributed by atoms with Crippen molar-refractivity contribution >= 4 is 11.8 Å². The van der Waals surface area contributed by atoms with Gasteiger partial charge in [-0.1, -0.05) is 54.6 Å². The van der Waals surface area contributed by atoms with E-state index in [2.05, 4.69) is 60.8 Å². The predicted octanol–water partition coefficient (Wildman–Crippen LogP) is 2.87. The van der Waals surface area contributed by atoms with Crippen molar-refractivity contribution in [1.29, 1.82) is 0 Å². The van der Waals surface area contributed by atoms with E-state index >= 15 is 0 Å². The molecular formula is C22H24N2O2. The summed E-state index contributed by atoms with van der Waals surface area (Å²) < 4.78 is 0. The second-order valence-electron chi connectivity index (χ2n) is 7.27. The van der Waals surface area contributed by atoms with Crippen molar-refractivity contribution in [1.82, 2.24) is 10.2 Å². The minimum atomic E-state index is -0.373. The van der Waals surface area contributed by atoms with Crippen LogP contribution in [-0.4, -0.2) is 35.3 Å². The van der Waals surface area contributed by atoms with E-state index in [1.54, 1.807) is 0 Å². The molecule has 2 amide bonds. The van der Waals surface area contributed by atoms with Gasteiger partial charge in [0, 0.05) is 24.9 Å². The first-order chi connectivity index (χ1) is 12.6. The van der Waals surface area contributed by atoms with Crippen LogP contribution in [0.25, 0.3) is 0 Å². The highest BCUT2D eigenvalue weighted by Gasteiger charge is 2.37. The Morgan fingerprint density at radius 2 is 1.77 bits per heavy atom. The highest BCUT2D eigenvalue weighted by Crippen LogP contribution is 2.36. The molecule has 1 saturated heterocycles. The maximum absolute atomic E-state index is 13.1. The van der Waals surface area contributed by atoms with Crippen LogP contribution >= 0.6 is 0 Å². The summed E-state index contributed by atoms with van der Waals surface area (Å²) in [5.74, 6) is 0.168. The highest BCUT2D eigenvalue weighted by molar-refractivity contribution is 5.91. The molecule has 3 unspecified atom stereocenters. The second kappa shape index (κ2) is 6.94. The van der Waals surface area contributed by atoms with Gasteiger partial charge in [-0.25, -0.2) is 0 Å². The van der Waals surface area contributed by atoms with Gasteiger partial charge in [-0.05, 0) is 36.5 Å². The lowest BCUT2D eigenvalue weighted by atomic mass is 9.83. The summed E-state index contributed by atoms with van der Waals surface area (Å²) in [4.78, 5) is 26.7. The van der Waals surface area contributed by atoms with E-state index < -0.39 is 0 Å². The van der Waals surface area contributed by atoms with Gasteiger partial charge in [0.2, 0.25) is 11.8 Å². The fourth-order valence-corrected chi connectivity index (χ4v) is 4.38. The molecule has 4 nitrogen and oxygen atoms in total. The van der Waals surface area contributed by atoms with Crippen molar-refractivity contribution in [3.8, 4) is 0 Å². The molecule has 3 atom stereocenters. The second-order valence-corrected chi connectivity index (χ2v) is 7.27. The van der Waals surface area contributed by atoms with Gasteiger partial charge in [0.1, 0.15) is 6.04 Å². The summed E-state index contributed by atoms with van der Waals surface area (Å²) in [6.45, 7) is 2.82. The van der Waals surface area contributed by atoms with Crippen LogP contribution in [0.2, 0.25) is 0 Å². The molecule has 2 aromatic carbocycles. The molecule has 2 aliphatic rings. The zero-order chi connectivity index (χ0) is 18.1. The molecule has 1 N–H and O–H groups in total. The van der Waals surface area contributed by atoms with Gasteiger partial charge in [0.05, 0.1) is 0 Å². The Labute approximate surface area is 154 Å². The lowest BCUT2D eigenvalue weighted by Crippen LogP contribution is -2.49. The smallest absolute Gasteiger partial charge is 0.245 e. The third kappa shape index (κ3) is 3.00. The number of hydrogen-bond donors (Lipinski definition) is 1. The number of nitrogens with one attached hydrogen (secondary N) is 1. The van der Waals surface area contributed by atoms with Gasteiger partial charge < -0.3 is 10.2 Å². The Morgan fingerprint density at radius 3 is 2.50 bits per heavy atom. The third-order valence-corrected chi connectivity index (χ3v) is 5.72. The van der Waals surface area contributed by atoms with E-state index in [0.717, 1.165) is 6.42 Å². The highest BCUT2D eigenvalue weighted by atomic mass is 16.2. The zero-order valence-corrected chi connectivity index (χ0v) is 15.0. The van der Waals surface area contributed by atoms with Gasteiger partial charge in [0.25, 0.3) is 0 Å². The molecule has 134 valence electrons. The number of rotatable bonds is 2. The standard InChI is InChI=1S/C22H24N2O2/c1-15-21(17-8-3-2-4-9-17)18-10-6-5-7-16(18)13-14-24(15)22(26)19-11-12-20(25)23-19/h2-10,15,19,21H,11-14H2,1H3,(H,23,25). The van der Waals surface area contributed by atoms with Crippen molar-refractivity contribution in [2.45, 2.75) is 44.2 Å². The average Bonchev–Trinajstić information content (AvgIpc) is 3.04. The van der Waals surface area contributed by atoms with E-state index in [4.69, 9.17) is 0 Å². The molecule has 26 heavy (non-hydrogen) atoms. The van der Waals surface area contributed by atoms with Gasteiger partial charge in [-0.3, -0.25) is 9.59 Å². The topological polar surface area (TPSA) is 49.4 Å². The van der Waals surface area contributed by atoms with Crippen LogP contribution in [0.3, 0.4) is 0 Å². The fraction of sp³-hybridized carbons (Fsp3) is 0.364. The largest absolute Gasteiger partial charge is 0.344 e. The molecule has 4 rings (SSSR count). The molecule has 2 aliphatic heterocycles. The van der Waals surface area contributed by atoms with Gasteiger partial charge >= 0.3 is 0 Å². The Balaban J connectivity index is 1.72. The Hall–Kier alpha value is -2.62. The van der Waals surface area contributed by atoms with Crippen molar-refractivity contribution in [3.05, 3.63) is 71.3 Å². The maximum atomic E-state index is 13.1. The number of fused-ring (bicyclic) bond motifs is 1. The van der Waals surface area contributed by atoms with E-state index in [-0.39, 0.29) is 29.8 Å². The van der Waals surface area contributed by atoms with Crippen molar-refractivity contribution < 1.29 is 9.59 Å². The van der Waals surface area contributed by atoms with E-state index in [9.17, 15) is 9.59 Å². The van der Waals surface area contributed by atoms with Crippen LogP contribution < -0.4 is 5.32 Å². The van der Waals surface area contributed by atoms with Gasteiger partial charge in [-0.15, -0.1) is 0 Å². The predicted molar refractivity (Wildman–Crippen MR) is 101 cm³/mol. The minimum Gasteiger partial charge on any atom is -0.344 e. The van der Waals surface area contributed by atoms with E-state index in [1.807, 2.05) is 11.0 Å². The van der Waals surface area contributed by atoms with Crippen LogP contribution in [0.1, 0.15) is 42.4 Å². The Morgan fingerprint density at radius 1 is 1.04 bits per heavy atom. The Bertz CT molecular complexity index is 818. The fourth-order valence-electron chi connectivity index (χ4n) is 4.38. The molecule has 0 radical (unpaired) electrons. The number of carbonyl (C=O) groups is 2. The minimum absolute atomic E-state index is 0.0197. The summed E-state index contributed by atoms with van der Waals surface area (Å²) >= 11 is 0. The third-order valence-electron chi connectivity index (χ3n) is 5.72. The first-order valence-corrected chi connectivity index (χ1v) is 9.38. The van der Waals surface area contributed by atoms with Crippen molar-refractivity contribution in [3.63, 3.8) is 0 Å². The number of hydrogen-bond acceptors (Lipinski definition) is 2. The molecule has 1 fully saturated rings. The van der Waals surface area contributed by atoms with Crippen molar-refractivity contribution in [2.75, 3.05) is 6.54 Å². The summed E-state index contributed by atoms with van der Waals surface area (Å²) in [5.41, 5.74) is 3.83. The van der Waals surface area contributed by atoms with E-state index in [1.165, 1.54) is 16.7 Å². The lowest BCUT2D eigenvalue weighted by Gasteiger charge is -2.34.